The zero-order valence-electron chi connectivity index (χ0n) is 9.07. The van der Waals surface area contributed by atoms with E-state index >= 15 is 0 Å². The molecule has 1 aliphatic rings. The number of ether oxygens (including phenoxy) is 1. The first-order valence-corrected chi connectivity index (χ1v) is 5.38. The molecule has 0 aliphatic carbocycles. The highest BCUT2D eigenvalue weighted by molar-refractivity contribution is 5.39. The van der Waals surface area contributed by atoms with E-state index in [4.69, 9.17) is 4.74 Å². The number of para-hydroxylation sites is 1. The fourth-order valence-electron chi connectivity index (χ4n) is 2.23. The molecule has 2 heteroatoms. The Hall–Kier alpha value is -1.28. The highest BCUT2D eigenvalue weighted by atomic mass is 16.5. The van der Waals surface area contributed by atoms with Crippen molar-refractivity contribution >= 4 is 0 Å². The normalized spacial score (nSPS) is 21.3. The summed E-state index contributed by atoms with van der Waals surface area (Å²) < 4.78 is 5.63. The lowest BCUT2D eigenvalue weighted by Crippen LogP contribution is -2.33. The smallest absolute Gasteiger partial charge is 0.122 e. The summed E-state index contributed by atoms with van der Waals surface area (Å²) in [5, 5.41) is 3.29. The first-order valence-electron chi connectivity index (χ1n) is 5.38. The second kappa shape index (κ2) is 4.49. The second-order valence-electron chi connectivity index (χ2n) is 3.83. The predicted octanol–water partition coefficient (Wildman–Crippen LogP) is 2.33. The van der Waals surface area contributed by atoms with Gasteiger partial charge in [0.25, 0.3) is 0 Å². The standard InChI is InChI=1S/C13H17NO/c1-3-12(14-2)10-8-9-15-13-7-5-4-6-11(10)13/h3-7,10,12,14H,1,8-9H2,2H3. The van der Waals surface area contributed by atoms with E-state index in [0.29, 0.717) is 12.0 Å². The van der Waals surface area contributed by atoms with Gasteiger partial charge in [-0.3, -0.25) is 0 Å². The van der Waals surface area contributed by atoms with Gasteiger partial charge in [-0.1, -0.05) is 24.3 Å². The number of benzene rings is 1. The Morgan fingerprint density at radius 1 is 1.53 bits per heavy atom. The Kier molecular flexibility index (Phi) is 3.07. The minimum atomic E-state index is 0.329. The molecular weight excluding hydrogens is 186 g/mol. The molecule has 1 heterocycles. The predicted molar refractivity (Wildman–Crippen MR) is 62.3 cm³/mol. The Bertz CT molecular complexity index is 348. The van der Waals surface area contributed by atoms with Crippen LogP contribution in [-0.2, 0) is 0 Å². The molecule has 2 nitrogen and oxygen atoms in total. The van der Waals surface area contributed by atoms with Crippen LogP contribution in [0.15, 0.2) is 36.9 Å². The van der Waals surface area contributed by atoms with Crippen molar-refractivity contribution < 1.29 is 4.74 Å². The lowest BCUT2D eigenvalue weighted by molar-refractivity contribution is 0.256. The fourth-order valence-corrected chi connectivity index (χ4v) is 2.23. The van der Waals surface area contributed by atoms with Gasteiger partial charge in [0, 0.05) is 12.0 Å². The topological polar surface area (TPSA) is 21.3 Å². The van der Waals surface area contributed by atoms with Gasteiger partial charge in [0.15, 0.2) is 0 Å². The number of likely N-dealkylation sites (N-methyl/N-ethyl adjacent to an activating group) is 1. The van der Waals surface area contributed by atoms with Crippen LogP contribution >= 0.6 is 0 Å². The third-order valence-corrected chi connectivity index (χ3v) is 3.03. The Morgan fingerprint density at radius 2 is 2.33 bits per heavy atom. The van der Waals surface area contributed by atoms with Gasteiger partial charge in [-0.15, -0.1) is 6.58 Å². The van der Waals surface area contributed by atoms with Gasteiger partial charge in [-0.2, -0.15) is 0 Å². The molecule has 1 aromatic carbocycles. The molecule has 0 saturated heterocycles. The largest absolute Gasteiger partial charge is 0.493 e. The quantitative estimate of drug-likeness (QED) is 0.761. The summed E-state index contributed by atoms with van der Waals surface area (Å²) in [5.41, 5.74) is 1.29. The van der Waals surface area contributed by atoms with E-state index in [1.54, 1.807) is 0 Å². The van der Waals surface area contributed by atoms with Crippen LogP contribution in [0.5, 0.6) is 5.75 Å². The molecule has 0 radical (unpaired) electrons. The van der Waals surface area contributed by atoms with Crippen LogP contribution in [0, 0.1) is 0 Å². The van der Waals surface area contributed by atoms with Crippen LogP contribution in [0.4, 0.5) is 0 Å². The van der Waals surface area contributed by atoms with Gasteiger partial charge in [0.05, 0.1) is 6.61 Å². The molecule has 0 fully saturated rings. The molecule has 0 saturated carbocycles. The molecule has 2 rings (SSSR count). The van der Waals surface area contributed by atoms with Gasteiger partial charge in [0.1, 0.15) is 5.75 Å². The molecule has 1 aromatic rings. The molecule has 0 aromatic heterocycles. The highest BCUT2D eigenvalue weighted by Gasteiger charge is 2.25. The molecular formula is C13H17NO. The van der Waals surface area contributed by atoms with Crippen molar-refractivity contribution in [1.82, 2.24) is 5.32 Å². The average Bonchev–Trinajstić information content (AvgIpc) is 2.31. The summed E-state index contributed by atoms with van der Waals surface area (Å²) in [6.07, 6.45) is 3.03. The molecule has 2 unspecified atom stereocenters. The minimum absolute atomic E-state index is 0.329. The maximum atomic E-state index is 5.63. The third-order valence-electron chi connectivity index (χ3n) is 3.03. The molecule has 1 aliphatic heterocycles. The van der Waals surface area contributed by atoms with Crippen molar-refractivity contribution in [1.29, 1.82) is 0 Å². The summed E-state index contributed by atoms with van der Waals surface area (Å²) in [6.45, 7) is 4.68. The van der Waals surface area contributed by atoms with Crippen molar-refractivity contribution in [2.24, 2.45) is 0 Å². The van der Waals surface area contributed by atoms with Crippen LogP contribution in [0.3, 0.4) is 0 Å². The van der Waals surface area contributed by atoms with Crippen LogP contribution in [0.2, 0.25) is 0 Å². The lowest BCUT2D eigenvalue weighted by Gasteiger charge is -2.30. The van der Waals surface area contributed by atoms with E-state index < -0.39 is 0 Å². The molecule has 80 valence electrons. The number of rotatable bonds is 3. The van der Waals surface area contributed by atoms with E-state index in [-0.39, 0.29) is 0 Å². The highest BCUT2D eigenvalue weighted by Crippen LogP contribution is 2.35. The van der Waals surface area contributed by atoms with Gasteiger partial charge in [0.2, 0.25) is 0 Å². The maximum Gasteiger partial charge on any atom is 0.122 e. The summed E-state index contributed by atoms with van der Waals surface area (Å²) in [4.78, 5) is 0. The van der Waals surface area contributed by atoms with Crippen molar-refractivity contribution in [3.63, 3.8) is 0 Å². The van der Waals surface area contributed by atoms with Crippen LogP contribution < -0.4 is 10.1 Å². The molecule has 2 atom stereocenters. The zero-order valence-corrected chi connectivity index (χ0v) is 9.07. The molecule has 0 bridgehead atoms. The Labute approximate surface area is 91.0 Å². The van der Waals surface area contributed by atoms with Crippen LogP contribution in [0.1, 0.15) is 17.9 Å². The van der Waals surface area contributed by atoms with E-state index in [9.17, 15) is 0 Å². The maximum absolute atomic E-state index is 5.63. The third kappa shape index (κ3) is 1.90. The SMILES string of the molecule is C=CC(NC)C1CCOc2ccccc21. The van der Waals surface area contributed by atoms with Crippen LogP contribution in [0.25, 0.3) is 0 Å². The first-order chi connectivity index (χ1) is 7.36. The summed E-state index contributed by atoms with van der Waals surface area (Å²) in [6, 6.07) is 8.60. The second-order valence-corrected chi connectivity index (χ2v) is 3.83. The average molecular weight is 203 g/mol. The minimum Gasteiger partial charge on any atom is -0.493 e. The van der Waals surface area contributed by atoms with Crippen molar-refractivity contribution in [3.8, 4) is 5.75 Å². The van der Waals surface area contributed by atoms with Gasteiger partial charge >= 0.3 is 0 Å². The van der Waals surface area contributed by atoms with Gasteiger partial charge in [-0.25, -0.2) is 0 Å². The van der Waals surface area contributed by atoms with Crippen molar-refractivity contribution in [2.45, 2.75) is 18.4 Å². The molecule has 0 spiro atoms. The van der Waals surface area contributed by atoms with Crippen molar-refractivity contribution in [3.05, 3.63) is 42.5 Å². The molecule has 1 N–H and O–H groups in total. The lowest BCUT2D eigenvalue weighted by atomic mass is 9.87. The van der Waals surface area contributed by atoms with E-state index in [0.717, 1.165) is 18.8 Å². The van der Waals surface area contributed by atoms with Gasteiger partial charge in [-0.05, 0) is 25.1 Å². The van der Waals surface area contributed by atoms with Gasteiger partial charge < -0.3 is 10.1 Å². The number of hydrogen-bond donors (Lipinski definition) is 1. The zero-order chi connectivity index (χ0) is 10.7. The number of hydrogen-bond acceptors (Lipinski definition) is 2. The van der Waals surface area contributed by atoms with Crippen molar-refractivity contribution in [2.75, 3.05) is 13.7 Å². The molecule has 15 heavy (non-hydrogen) atoms. The summed E-state index contributed by atoms with van der Waals surface area (Å²) in [7, 11) is 1.98. The fraction of sp³-hybridized carbons (Fsp3) is 0.385. The van der Waals surface area contributed by atoms with E-state index in [2.05, 4.69) is 24.0 Å². The Balaban J connectivity index is 2.32. The van der Waals surface area contributed by atoms with E-state index in [1.165, 1.54) is 5.56 Å². The molecule has 0 amide bonds. The Morgan fingerprint density at radius 3 is 3.07 bits per heavy atom. The number of fused-ring (bicyclic) bond motifs is 1. The monoisotopic (exact) mass is 203 g/mol. The first kappa shape index (κ1) is 10.2. The van der Waals surface area contributed by atoms with E-state index in [1.807, 2.05) is 25.3 Å². The summed E-state index contributed by atoms with van der Waals surface area (Å²) in [5.74, 6) is 1.51. The summed E-state index contributed by atoms with van der Waals surface area (Å²) >= 11 is 0. The van der Waals surface area contributed by atoms with Crippen LogP contribution in [-0.4, -0.2) is 19.7 Å². The number of nitrogens with one attached hydrogen (secondary N) is 1.